The van der Waals surface area contributed by atoms with Crippen LogP contribution in [0.15, 0.2) is 77.8 Å². The number of guanidine groups is 1. The SMILES string of the molecule is COOCC(N)Cc1c(C2Nc3ccccc3C2CC(N)COOC)[nH]c2ccccc12.Cc1c2nc(N)nc-2ccc2[nH]c(N)nc12.Cc1ccc2[nH]c(N)nc2c2nc(N)nc1-2.NC1=NCC(=O)N1. The molecule has 370 valence electrons. The summed E-state index contributed by atoms with van der Waals surface area (Å²) in [6.45, 7) is 4.72. The number of imidazole rings is 4. The number of nitrogens with one attached hydrogen (secondary N) is 5. The zero-order valence-corrected chi connectivity index (χ0v) is 39.5. The average Bonchev–Trinajstić information content (AvgIpc) is 4.24. The number of nitrogens with zero attached hydrogens (tertiary/aromatic N) is 7. The lowest BCUT2D eigenvalue weighted by Gasteiger charge is -2.24. The van der Waals surface area contributed by atoms with E-state index in [2.05, 4.69) is 90.8 Å². The van der Waals surface area contributed by atoms with Gasteiger partial charge in [0.2, 0.25) is 17.8 Å². The van der Waals surface area contributed by atoms with Crippen LogP contribution in [0, 0.1) is 13.8 Å². The first kappa shape index (κ1) is 49.2. The van der Waals surface area contributed by atoms with Gasteiger partial charge in [-0.15, -0.1) is 0 Å². The molecule has 0 saturated heterocycles. The molecule has 4 aliphatic heterocycles. The zero-order chi connectivity index (χ0) is 50.3. The first-order valence-corrected chi connectivity index (χ1v) is 22.4. The number of H-pyrrole nitrogens is 3. The number of carbonyl (C=O) groups excluding carboxylic acids is 1. The third kappa shape index (κ3) is 11.1. The normalized spacial score (nSPS) is 15.8. The maximum absolute atomic E-state index is 10.1. The second kappa shape index (κ2) is 21.6. The van der Waals surface area contributed by atoms with Crippen LogP contribution in [0.5, 0.6) is 0 Å². The minimum Gasteiger partial charge on any atom is -0.376 e. The molecule has 0 spiro atoms. The van der Waals surface area contributed by atoms with Gasteiger partial charge in [-0.1, -0.05) is 42.5 Å². The van der Waals surface area contributed by atoms with Gasteiger partial charge in [0, 0.05) is 45.8 Å². The van der Waals surface area contributed by atoms with Gasteiger partial charge in [0.15, 0.2) is 17.9 Å². The Kier molecular flexibility index (Phi) is 14.9. The number of aliphatic imine (C=N–C) groups is 1. The highest BCUT2D eigenvalue weighted by Gasteiger charge is 2.37. The molecule has 5 aromatic rings. The highest BCUT2D eigenvalue weighted by Crippen LogP contribution is 2.48. The van der Waals surface area contributed by atoms with Gasteiger partial charge in [0.25, 0.3) is 0 Å². The molecule has 19 N–H and O–H groups in total. The van der Waals surface area contributed by atoms with Crippen molar-refractivity contribution < 1.29 is 24.3 Å². The molecule has 0 saturated carbocycles. The van der Waals surface area contributed by atoms with Crippen LogP contribution in [-0.4, -0.2) is 103 Å². The summed E-state index contributed by atoms with van der Waals surface area (Å²) in [5.41, 5.74) is 54.1. The van der Waals surface area contributed by atoms with Gasteiger partial charge >= 0.3 is 0 Å². The summed E-state index contributed by atoms with van der Waals surface area (Å²) in [6, 6.07) is 23.9. The van der Waals surface area contributed by atoms with Crippen LogP contribution < -0.4 is 50.8 Å². The number of anilines is 5. The van der Waals surface area contributed by atoms with Crippen molar-refractivity contribution in [3.8, 4) is 22.8 Å². The summed E-state index contributed by atoms with van der Waals surface area (Å²) in [4.78, 5) is 68.1. The van der Waals surface area contributed by atoms with Crippen molar-refractivity contribution in [1.82, 2.24) is 50.2 Å². The van der Waals surface area contributed by atoms with Crippen LogP contribution in [0.1, 0.15) is 46.3 Å². The lowest BCUT2D eigenvalue weighted by molar-refractivity contribution is -0.275. The molecular formula is C47H57N19O5. The third-order valence-corrected chi connectivity index (χ3v) is 11.8. The maximum atomic E-state index is 10.1. The molecule has 0 bridgehead atoms. The lowest BCUT2D eigenvalue weighted by atomic mass is 9.85. The number of amides is 1. The van der Waals surface area contributed by atoms with E-state index in [9.17, 15) is 4.79 Å². The van der Waals surface area contributed by atoms with Gasteiger partial charge in [-0.05, 0) is 73.7 Å². The predicted octanol–water partition coefficient (Wildman–Crippen LogP) is 3.45. The summed E-state index contributed by atoms with van der Waals surface area (Å²) >= 11 is 0. The van der Waals surface area contributed by atoms with Crippen LogP contribution in [0.2, 0.25) is 0 Å². The number of hydrogen-bond acceptors (Lipinski definition) is 20. The number of fused-ring (bicyclic) bond motifs is 7. The van der Waals surface area contributed by atoms with E-state index >= 15 is 0 Å². The first-order valence-electron chi connectivity index (χ1n) is 22.4. The number of nitrogen functional groups attached to an aromatic ring is 4. The van der Waals surface area contributed by atoms with Crippen LogP contribution >= 0.6 is 0 Å². The van der Waals surface area contributed by atoms with E-state index in [1.165, 1.54) is 30.7 Å². The molecule has 0 radical (unpaired) electrons. The van der Waals surface area contributed by atoms with Crippen molar-refractivity contribution in [3.05, 3.63) is 101 Å². The van der Waals surface area contributed by atoms with Gasteiger partial charge in [-0.3, -0.25) is 10.1 Å². The number of benzene rings is 2. The molecule has 4 unspecified atom stereocenters. The van der Waals surface area contributed by atoms with Crippen molar-refractivity contribution in [2.24, 2.45) is 22.2 Å². The summed E-state index contributed by atoms with van der Waals surface area (Å²) in [5.74, 6) is 1.56. The van der Waals surface area contributed by atoms with E-state index in [0.717, 1.165) is 68.1 Å². The van der Waals surface area contributed by atoms with Gasteiger partial charge < -0.3 is 60.4 Å². The highest BCUT2D eigenvalue weighted by atomic mass is 17.2. The molecule has 7 heterocycles. The van der Waals surface area contributed by atoms with Gasteiger partial charge in [-0.2, -0.15) is 0 Å². The average molecular weight is 968 g/mol. The third-order valence-electron chi connectivity index (χ3n) is 11.8. The van der Waals surface area contributed by atoms with Crippen LogP contribution in [-0.2, 0) is 30.8 Å². The minimum atomic E-state index is -0.201. The lowest BCUT2D eigenvalue weighted by Crippen LogP contribution is -2.31. The van der Waals surface area contributed by atoms with Gasteiger partial charge in [0.1, 0.15) is 17.8 Å². The topological polar surface area (TPSA) is 397 Å². The Morgan fingerprint density at radius 2 is 1.31 bits per heavy atom. The molecule has 11 rings (SSSR count). The Morgan fingerprint density at radius 3 is 2.01 bits per heavy atom. The molecule has 24 heteroatoms. The maximum Gasteiger partial charge on any atom is 0.248 e. The quantitative estimate of drug-likeness (QED) is 0.0652. The molecule has 0 fully saturated rings. The molecule has 4 atom stereocenters. The Hall–Kier alpha value is -8.26. The number of aromatic nitrogens is 9. The molecule has 24 nitrogen and oxygen atoms in total. The standard InChI is InChI=1S/C24H32N4O4.2C10H10N6.C3H5N3O/c1-29-31-13-15(25)11-19-17-7-3-5-9-21(17)27-23(19)24-20(12-16(26)14-32-30-2)18-8-4-6-10-22(18)28-24;1-4-7-5(13-9(11)15-7)2-3-6-8(4)16-10(12)14-6;1-4-2-3-5-7(15-9(11)13-5)8-6(4)14-10(12)16-8;4-3-5-1-2(7)6-3/h3-10,15-16,19,23,27-28H,11-14,25-26H2,1-2H3;2-3H,1H3,(H2,11,13,15)(H3,12,14,16);2-3H,1H3,(H3,11,13,15)(H2,12,14,16);1H2,(H3,4,5,6,7). The predicted molar refractivity (Wildman–Crippen MR) is 272 cm³/mol. The van der Waals surface area contributed by atoms with E-state index in [4.69, 9.17) is 59.7 Å². The largest absolute Gasteiger partial charge is 0.376 e. The van der Waals surface area contributed by atoms with Gasteiger partial charge in [0.05, 0.1) is 67.1 Å². The molecular weight excluding hydrogens is 911 g/mol. The Balaban J connectivity index is 0.000000144. The van der Waals surface area contributed by atoms with Crippen molar-refractivity contribution in [2.75, 3.05) is 62.2 Å². The second-order valence-electron chi connectivity index (χ2n) is 16.8. The summed E-state index contributed by atoms with van der Waals surface area (Å²) < 4.78 is 0. The monoisotopic (exact) mass is 967 g/mol. The Morgan fingerprint density at radius 1 is 0.676 bits per heavy atom. The molecule has 3 aromatic heterocycles. The highest BCUT2D eigenvalue weighted by molar-refractivity contribution is 6.02. The zero-order valence-electron chi connectivity index (χ0n) is 39.5. The van der Waals surface area contributed by atoms with E-state index in [0.29, 0.717) is 42.7 Å². The van der Waals surface area contributed by atoms with Gasteiger partial charge in [-0.25, -0.2) is 54.4 Å². The summed E-state index contributed by atoms with van der Waals surface area (Å²) in [7, 11) is 2.99. The Labute approximate surface area is 406 Å². The second-order valence-corrected chi connectivity index (χ2v) is 16.8. The smallest absolute Gasteiger partial charge is 0.248 e. The van der Waals surface area contributed by atoms with Crippen molar-refractivity contribution in [2.45, 2.75) is 50.7 Å². The number of para-hydroxylation sites is 2. The number of aromatic amines is 3. The molecule has 2 aromatic carbocycles. The molecule has 71 heavy (non-hydrogen) atoms. The fourth-order valence-corrected chi connectivity index (χ4v) is 8.69. The number of hydrogen-bond donors (Lipinski definition) is 12. The number of aryl methyl sites for hydroxylation is 2. The van der Waals surface area contributed by atoms with Crippen molar-refractivity contribution in [3.63, 3.8) is 0 Å². The van der Waals surface area contributed by atoms with E-state index in [1.807, 2.05) is 56.3 Å². The first-order chi connectivity index (χ1) is 34.2. The van der Waals surface area contributed by atoms with Crippen LogP contribution in [0.3, 0.4) is 0 Å². The van der Waals surface area contributed by atoms with Crippen LogP contribution in [0.25, 0.3) is 55.7 Å². The molecule has 2 aliphatic carbocycles. The van der Waals surface area contributed by atoms with Crippen LogP contribution in [0.4, 0.5) is 29.5 Å². The molecule has 1 amide bonds. The van der Waals surface area contributed by atoms with E-state index < -0.39 is 0 Å². The summed E-state index contributed by atoms with van der Waals surface area (Å²) in [6.07, 6.45) is 1.40. The fourth-order valence-electron chi connectivity index (χ4n) is 8.69. The fraction of sp³-hybridized carbons (Fsp3) is 0.277. The van der Waals surface area contributed by atoms with E-state index in [-0.39, 0.29) is 54.4 Å². The van der Waals surface area contributed by atoms with Crippen molar-refractivity contribution >= 4 is 74.3 Å². The molecule has 6 aliphatic rings. The number of carbonyl (C=O) groups is 1. The number of rotatable bonds is 11. The van der Waals surface area contributed by atoms with E-state index in [1.54, 1.807) is 0 Å². The minimum absolute atomic E-state index is 0.0268. The Bertz CT molecular complexity index is 3260. The summed E-state index contributed by atoms with van der Waals surface area (Å²) in [5, 5.41) is 7.20. The number of nitrogens with two attached hydrogens (primary N) is 7. The van der Waals surface area contributed by atoms with Crippen molar-refractivity contribution in [1.29, 1.82) is 0 Å².